The smallest absolute Gasteiger partial charge is 0.310 e. The number of rotatable bonds is 6. The minimum absolute atomic E-state index is 0.141. The van der Waals surface area contributed by atoms with Crippen molar-refractivity contribution in [3.63, 3.8) is 0 Å². The van der Waals surface area contributed by atoms with Gasteiger partial charge in [0.05, 0.1) is 13.0 Å². The zero-order valence-corrected chi connectivity index (χ0v) is 18.6. The van der Waals surface area contributed by atoms with E-state index in [2.05, 4.69) is 31.0 Å². The first-order chi connectivity index (χ1) is 13.9. The van der Waals surface area contributed by atoms with E-state index < -0.39 is 0 Å². The molecule has 1 aromatic carbocycles. The van der Waals surface area contributed by atoms with Crippen LogP contribution >= 0.6 is 27.7 Å². The Morgan fingerprint density at radius 2 is 2.10 bits per heavy atom. The monoisotopic (exact) mass is 474 g/mol. The number of nitrogens with zero attached hydrogens (tertiary/aromatic N) is 4. The second-order valence-electron chi connectivity index (χ2n) is 6.61. The number of halogens is 1. The van der Waals surface area contributed by atoms with Crippen LogP contribution in [0, 0.1) is 13.8 Å². The van der Waals surface area contributed by atoms with Gasteiger partial charge in [0.25, 0.3) is 5.78 Å². The standard InChI is InChI=1S/C20H19BrN4O3S/c1-11-16(12(2)25-19(22-11)23-20(24-25)29-3)10-18(26)27-7-6-15-9-13-8-14(21)4-5-17(13)28-15/h4-5,8-9H,6-7,10H2,1-3H3. The molecule has 0 N–H and O–H groups in total. The lowest BCUT2D eigenvalue weighted by molar-refractivity contribution is -0.142. The molecule has 29 heavy (non-hydrogen) atoms. The van der Waals surface area contributed by atoms with E-state index in [0.717, 1.165) is 38.2 Å². The van der Waals surface area contributed by atoms with Crippen molar-refractivity contribution in [2.45, 2.75) is 31.8 Å². The van der Waals surface area contributed by atoms with E-state index in [1.54, 1.807) is 4.52 Å². The summed E-state index contributed by atoms with van der Waals surface area (Å²) >= 11 is 4.90. The molecule has 0 bridgehead atoms. The van der Waals surface area contributed by atoms with Gasteiger partial charge in [-0.15, -0.1) is 5.10 Å². The third kappa shape index (κ3) is 4.16. The van der Waals surface area contributed by atoms with Crippen LogP contribution in [0.3, 0.4) is 0 Å². The molecule has 0 saturated carbocycles. The Labute approximate surface area is 180 Å². The number of hydrogen-bond donors (Lipinski definition) is 0. The molecule has 0 atom stereocenters. The molecule has 0 aliphatic heterocycles. The summed E-state index contributed by atoms with van der Waals surface area (Å²) in [5.74, 6) is 1.02. The quantitative estimate of drug-likeness (QED) is 0.304. The Kier molecular flexibility index (Phi) is 5.60. The summed E-state index contributed by atoms with van der Waals surface area (Å²) in [5, 5.41) is 6.07. The molecule has 0 fully saturated rings. The van der Waals surface area contributed by atoms with Gasteiger partial charge in [-0.3, -0.25) is 4.79 Å². The molecule has 9 heteroatoms. The summed E-state index contributed by atoms with van der Waals surface area (Å²) in [6.45, 7) is 4.04. The van der Waals surface area contributed by atoms with E-state index in [1.165, 1.54) is 11.8 Å². The molecule has 3 heterocycles. The Hall–Kier alpha value is -2.39. The summed E-state index contributed by atoms with van der Waals surface area (Å²) in [7, 11) is 0. The van der Waals surface area contributed by atoms with Gasteiger partial charge in [0.15, 0.2) is 0 Å². The van der Waals surface area contributed by atoms with Gasteiger partial charge in [-0.1, -0.05) is 27.7 Å². The van der Waals surface area contributed by atoms with E-state index in [-0.39, 0.29) is 19.0 Å². The Balaban J connectivity index is 1.41. The van der Waals surface area contributed by atoms with E-state index in [0.29, 0.717) is 17.4 Å². The first kappa shape index (κ1) is 19.9. The Bertz CT molecular complexity index is 1220. The number of aromatic nitrogens is 4. The first-order valence-corrected chi connectivity index (χ1v) is 11.1. The highest BCUT2D eigenvalue weighted by atomic mass is 79.9. The number of ether oxygens (including phenoxy) is 1. The largest absolute Gasteiger partial charge is 0.465 e. The van der Waals surface area contributed by atoms with Gasteiger partial charge < -0.3 is 9.15 Å². The molecule has 0 aliphatic rings. The normalized spacial score (nSPS) is 11.4. The fraction of sp³-hybridized carbons (Fsp3) is 0.300. The number of furan rings is 1. The Morgan fingerprint density at radius 3 is 2.90 bits per heavy atom. The van der Waals surface area contributed by atoms with Crippen LogP contribution < -0.4 is 0 Å². The number of thioether (sulfide) groups is 1. The minimum Gasteiger partial charge on any atom is -0.465 e. The fourth-order valence-electron chi connectivity index (χ4n) is 3.19. The van der Waals surface area contributed by atoms with Gasteiger partial charge in [-0.05, 0) is 44.4 Å². The second-order valence-corrected chi connectivity index (χ2v) is 8.30. The van der Waals surface area contributed by atoms with Crippen molar-refractivity contribution in [3.8, 4) is 0 Å². The number of benzene rings is 1. The van der Waals surface area contributed by atoms with Gasteiger partial charge in [0, 0.05) is 33.2 Å². The average Bonchev–Trinajstić information content (AvgIpc) is 3.28. The lowest BCUT2D eigenvalue weighted by Crippen LogP contribution is -2.14. The molecular formula is C20H19BrN4O3S. The second kappa shape index (κ2) is 8.16. The molecule has 0 radical (unpaired) electrons. The van der Waals surface area contributed by atoms with E-state index >= 15 is 0 Å². The minimum atomic E-state index is -0.304. The molecule has 7 nitrogen and oxygen atoms in total. The summed E-state index contributed by atoms with van der Waals surface area (Å²) < 4.78 is 13.9. The van der Waals surface area contributed by atoms with E-state index in [4.69, 9.17) is 9.15 Å². The van der Waals surface area contributed by atoms with Crippen LogP contribution in [0.4, 0.5) is 0 Å². The molecule has 3 aromatic heterocycles. The third-order valence-electron chi connectivity index (χ3n) is 4.67. The highest BCUT2D eigenvalue weighted by molar-refractivity contribution is 9.10. The van der Waals surface area contributed by atoms with Crippen LogP contribution in [0.25, 0.3) is 16.7 Å². The predicted octanol–water partition coefficient (Wildman–Crippen LogP) is 4.30. The van der Waals surface area contributed by atoms with E-state index in [9.17, 15) is 4.79 Å². The number of fused-ring (bicyclic) bond motifs is 2. The molecule has 4 aromatic rings. The Morgan fingerprint density at radius 1 is 1.28 bits per heavy atom. The molecule has 0 saturated heterocycles. The molecular weight excluding hydrogens is 456 g/mol. The van der Waals surface area contributed by atoms with E-state index in [1.807, 2.05) is 44.4 Å². The zero-order chi connectivity index (χ0) is 20.5. The third-order valence-corrected chi connectivity index (χ3v) is 5.71. The van der Waals surface area contributed by atoms with Crippen molar-refractivity contribution in [1.82, 2.24) is 19.6 Å². The number of carbonyl (C=O) groups is 1. The summed E-state index contributed by atoms with van der Waals surface area (Å²) in [4.78, 5) is 21.2. The molecule has 0 amide bonds. The highest BCUT2D eigenvalue weighted by Crippen LogP contribution is 2.23. The van der Waals surface area contributed by atoms with Crippen molar-refractivity contribution in [3.05, 3.63) is 51.4 Å². The van der Waals surface area contributed by atoms with Crippen molar-refractivity contribution in [2.75, 3.05) is 12.9 Å². The van der Waals surface area contributed by atoms with Crippen molar-refractivity contribution in [2.24, 2.45) is 0 Å². The predicted molar refractivity (Wildman–Crippen MR) is 114 cm³/mol. The van der Waals surface area contributed by atoms with Crippen molar-refractivity contribution in [1.29, 1.82) is 0 Å². The highest BCUT2D eigenvalue weighted by Gasteiger charge is 2.17. The van der Waals surface area contributed by atoms with Crippen LogP contribution in [0.1, 0.15) is 22.7 Å². The number of aryl methyl sites for hydroxylation is 2. The van der Waals surface area contributed by atoms with Gasteiger partial charge in [0.1, 0.15) is 11.3 Å². The van der Waals surface area contributed by atoms with Crippen LogP contribution in [0.5, 0.6) is 0 Å². The van der Waals surface area contributed by atoms with Gasteiger partial charge in [0.2, 0.25) is 5.16 Å². The van der Waals surface area contributed by atoms with Crippen molar-refractivity contribution < 1.29 is 13.9 Å². The molecule has 4 rings (SSSR count). The van der Waals surface area contributed by atoms with Gasteiger partial charge in [-0.25, -0.2) is 9.50 Å². The summed E-state index contributed by atoms with van der Waals surface area (Å²) in [6.07, 6.45) is 2.58. The zero-order valence-electron chi connectivity index (χ0n) is 16.2. The number of hydrogen-bond acceptors (Lipinski definition) is 7. The lowest BCUT2D eigenvalue weighted by Gasteiger charge is -2.10. The lowest BCUT2D eigenvalue weighted by atomic mass is 10.1. The van der Waals surface area contributed by atoms with Crippen LogP contribution in [-0.4, -0.2) is 38.4 Å². The number of carbonyl (C=O) groups excluding carboxylic acids is 1. The van der Waals surface area contributed by atoms with Crippen LogP contribution in [0.15, 0.2) is 38.3 Å². The van der Waals surface area contributed by atoms with Crippen LogP contribution in [0.2, 0.25) is 0 Å². The maximum absolute atomic E-state index is 12.4. The topological polar surface area (TPSA) is 82.5 Å². The van der Waals surface area contributed by atoms with Gasteiger partial charge in [-0.2, -0.15) is 4.98 Å². The molecule has 0 aliphatic carbocycles. The first-order valence-electron chi connectivity index (χ1n) is 9.05. The molecule has 0 spiro atoms. The SMILES string of the molecule is CSc1nc2nc(C)c(CC(=O)OCCc3cc4cc(Br)ccc4o3)c(C)n2n1. The average molecular weight is 475 g/mol. The van der Waals surface area contributed by atoms with Crippen LogP contribution in [-0.2, 0) is 22.4 Å². The summed E-state index contributed by atoms with van der Waals surface area (Å²) in [6, 6.07) is 7.81. The van der Waals surface area contributed by atoms with Gasteiger partial charge >= 0.3 is 5.97 Å². The maximum Gasteiger partial charge on any atom is 0.310 e. The van der Waals surface area contributed by atoms with Crippen molar-refractivity contribution >= 4 is 50.4 Å². The number of esters is 1. The summed E-state index contributed by atoms with van der Waals surface area (Å²) in [5.41, 5.74) is 3.24. The fourth-order valence-corrected chi connectivity index (χ4v) is 3.90. The molecule has 0 unspecified atom stereocenters. The molecule has 150 valence electrons. The maximum atomic E-state index is 12.4.